The first-order valence-electron chi connectivity index (χ1n) is 5.06. The van der Waals surface area contributed by atoms with E-state index in [1.54, 1.807) is 0 Å². The first kappa shape index (κ1) is 15.2. The fraction of sp³-hybridized carbons (Fsp3) is 1.00. The Kier molecular flexibility index (Phi) is 18.2. The summed E-state index contributed by atoms with van der Waals surface area (Å²) in [6, 6.07) is 1.18. The Bertz CT molecular complexity index is 58.9. The van der Waals surface area contributed by atoms with Crippen LogP contribution in [0.15, 0.2) is 0 Å². The molecule has 12 heavy (non-hydrogen) atoms. The molecule has 0 spiro atoms. The topological polar surface area (TPSA) is 0 Å². The molecule has 0 nitrogen and oxygen atoms in total. The Labute approximate surface area is 92.3 Å². The van der Waals surface area contributed by atoms with Gasteiger partial charge in [0.05, 0.1) is 0 Å². The number of rotatable bonds is 8. The number of hydrogen-bond acceptors (Lipinski definition) is 0. The van der Waals surface area contributed by atoms with Crippen LogP contribution in [0.3, 0.4) is 0 Å². The van der Waals surface area contributed by atoms with Gasteiger partial charge in [-0.05, 0) is 0 Å². The van der Waals surface area contributed by atoms with E-state index in [0.717, 1.165) is 0 Å². The van der Waals surface area contributed by atoms with Gasteiger partial charge in [-0.15, -0.1) is 0 Å². The first-order valence-corrected chi connectivity index (χ1v) is 5.77. The van der Waals surface area contributed by atoms with Gasteiger partial charge >= 0.3 is 0 Å². The molecule has 0 saturated heterocycles. The maximum atomic E-state index is 3.49. The van der Waals surface area contributed by atoms with Gasteiger partial charge in [0.25, 0.3) is 0 Å². The summed E-state index contributed by atoms with van der Waals surface area (Å²) in [7, 11) is 3.49. The Hall–Kier alpha value is 0.760. The van der Waals surface area contributed by atoms with Crippen LogP contribution < -0.4 is 0 Å². The van der Waals surface area contributed by atoms with Crippen molar-refractivity contribution in [3.05, 3.63) is 0 Å². The monoisotopic (exact) mass is 243 g/mol. The van der Waals surface area contributed by atoms with E-state index in [1.807, 2.05) is 0 Å². The molecule has 0 aliphatic heterocycles. The molecule has 0 rings (SSSR count). The van der Waals surface area contributed by atoms with Crippen LogP contribution >= 0.6 is 0 Å². The van der Waals surface area contributed by atoms with E-state index in [0.29, 0.717) is 0 Å². The minimum Gasteiger partial charge on any atom is -0.0654 e. The fourth-order valence-electron chi connectivity index (χ4n) is 1.26. The molecule has 7 radical (unpaired) electrons. The average Bonchev–Trinajstić information content (AvgIpc) is 2.03. The van der Waals surface area contributed by atoms with Crippen molar-refractivity contribution in [2.75, 3.05) is 0 Å². The Morgan fingerprint density at radius 1 is 0.750 bits per heavy atom. The second-order valence-corrected chi connectivity index (χ2v) is 3.72. The summed E-state index contributed by atoms with van der Waals surface area (Å²) in [4.78, 5) is 0. The molecule has 0 aliphatic rings. The third-order valence-electron chi connectivity index (χ3n) is 2.03. The van der Waals surface area contributed by atoms with Crippen molar-refractivity contribution in [1.82, 2.24) is 0 Å². The maximum absolute atomic E-state index is 3.49. The Morgan fingerprint density at radius 3 is 1.58 bits per heavy atom. The minimum atomic E-state index is 0. The normalized spacial score (nSPS) is 9.50. The van der Waals surface area contributed by atoms with Gasteiger partial charge in [-0.2, -0.15) is 0 Å². The van der Waals surface area contributed by atoms with Crippen LogP contribution in [-0.4, -0.2) is 27.8 Å². The van der Waals surface area contributed by atoms with E-state index in [2.05, 4.69) is 17.2 Å². The molecule has 0 aliphatic carbocycles. The van der Waals surface area contributed by atoms with Crippen LogP contribution in [0.2, 0.25) is 6.04 Å². The standard InChI is InChI=1S/C10H21Si.Ge/c1-2-3-4-5-6-7-8-9-10-11;/h2-10H2,1H3;. The van der Waals surface area contributed by atoms with Crippen molar-refractivity contribution in [3.63, 3.8) is 0 Å². The van der Waals surface area contributed by atoms with E-state index in [4.69, 9.17) is 0 Å². The zero-order chi connectivity index (χ0) is 8.36. The van der Waals surface area contributed by atoms with Crippen LogP contribution in [0.1, 0.15) is 58.3 Å². The summed E-state index contributed by atoms with van der Waals surface area (Å²) < 4.78 is 0. The SMILES string of the molecule is CCCCCCCCCC[Si].[Ge]. The van der Waals surface area contributed by atoms with Gasteiger partial charge in [-0.1, -0.05) is 64.3 Å². The zero-order valence-electron chi connectivity index (χ0n) is 8.36. The van der Waals surface area contributed by atoms with E-state index in [-0.39, 0.29) is 17.6 Å². The molecule has 0 aromatic heterocycles. The average molecular weight is 242 g/mol. The molecule has 0 N–H and O–H groups in total. The molecule has 0 fully saturated rings. The summed E-state index contributed by atoms with van der Waals surface area (Å²) in [5.74, 6) is 0. The fourth-order valence-corrected chi connectivity index (χ4v) is 1.51. The van der Waals surface area contributed by atoms with Gasteiger partial charge in [0, 0.05) is 27.8 Å². The molecule has 0 aromatic rings. The van der Waals surface area contributed by atoms with Crippen molar-refractivity contribution in [2.24, 2.45) is 0 Å². The summed E-state index contributed by atoms with van der Waals surface area (Å²) in [6.07, 6.45) is 11.3. The number of unbranched alkanes of at least 4 members (excludes halogenated alkanes) is 7. The summed E-state index contributed by atoms with van der Waals surface area (Å²) in [6.45, 7) is 2.27. The Morgan fingerprint density at radius 2 is 1.17 bits per heavy atom. The van der Waals surface area contributed by atoms with Crippen LogP contribution in [-0.2, 0) is 0 Å². The molecular weight excluding hydrogens is 221 g/mol. The second kappa shape index (κ2) is 14.3. The third-order valence-corrected chi connectivity index (χ3v) is 2.38. The van der Waals surface area contributed by atoms with Gasteiger partial charge in [0.1, 0.15) is 0 Å². The molecule has 0 atom stereocenters. The van der Waals surface area contributed by atoms with E-state index < -0.39 is 0 Å². The van der Waals surface area contributed by atoms with Crippen molar-refractivity contribution in [1.29, 1.82) is 0 Å². The van der Waals surface area contributed by atoms with E-state index in [9.17, 15) is 0 Å². The van der Waals surface area contributed by atoms with Crippen LogP contribution in [0.5, 0.6) is 0 Å². The summed E-state index contributed by atoms with van der Waals surface area (Å²) in [5, 5.41) is 0. The molecule has 0 bridgehead atoms. The molecule has 2 heteroatoms. The van der Waals surface area contributed by atoms with Gasteiger partial charge in [-0.3, -0.25) is 0 Å². The quantitative estimate of drug-likeness (QED) is 0.452. The molecule has 69 valence electrons. The molecular formula is C10H21GeSi. The van der Waals surface area contributed by atoms with Gasteiger partial charge in [0.15, 0.2) is 0 Å². The predicted octanol–water partition coefficient (Wildman–Crippen LogP) is 3.33. The van der Waals surface area contributed by atoms with Gasteiger partial charge in [-0.25, -0.2) is 0 Å². The van der Waals surface area contributed by atoms with Crippen LogP contribution in [0, 0.1) is 0 Å². The molecule has 0 saturated carbocycles. The van der Waals surface area contributed by atoms with Gasteiger partial charge in [0.2, 0.25) is 0 Å². The second-order valence-electron chi connectivity index (χ2n) is 3.22. The maximum Gasteiger partial charge on any atom is 0.0222 e. The molecule has 0 amide bonds. The number of hydrogen-bond donors (Lipinski definition) is 0. The summed E-state index contributed by atoms with van der Waals surface area (Å²) in [5.41, 5.74) is 0. The van der Waals surface area contributed by atoms with Crippen LogP contribution in [0.25, 0.3) is 0 Å². The van der Waals surface area contributed by atoms with E-state index in [1.165, 1.54) is 57.4 Å². The van der Waals surface area contributed by atoms with Crippen LogP contribution in [0.4, 0.5) is 0 Å². The smallest absolute Gasteiger partial charge is 0.0222 e. The van der Waals surface area contributed by atoms with Gasteiger partial charge < -0.3 is 0 Å². The largest absolute Gasteiger partial charge is 0.0654 e. The van der Waals surface area contributed by atoms with E-state index >= 15 is 0 Å². The summed E-state index contributed by atoms with van der Waals surface area (Å²) >= 11 is 0. The Balaban J connectivity index is 0. The zero-order valence-corrected chi connectivity index (χ0v) is 11.5. The first-order chi connectivity index (χ1) is 5.41. The van der Waals surface area contributed by atoms with Crippen molar-refractivity contribution >= 4 is 27.8 Å². The minimum absolute atomic E-state index is 0. The van der Waals surface area contributed by atoms with Crippen molar-refractivity contribution in [2.45, 2.75) is 64.3 Å². The van der Waals surface area contributed by atoms with Crippen molar-refractivity contribution in [3.8, 4) is 0 Å². The molecule has 0 aromatic carbocycles. The predicted molar refractivity (Wildman–Crippen MR) is 58.9 cm³/mol. The molecule has 0 heterocycles. The third kappa shape index (κ3) is 13.4. The van der Waals surface area contributed by atoms with Crippen molar-refractivity contribution < 1.29 is 0 Å². The molecule has 0 unspecified atom stereocenters.